The molecule has 160 valence electrons. The van der Waals surface area contributed by atoms with Crippen LogP contribution in [0.15, 0.2) is 0 Å². The molecule has 0 aromatic carbocycles. The second kappa shape index (κ2) is 20.0. The number of hydrogen-bond donors (Lipinski definition) is 0. The molecule has 0 N–H and O–H groups in total. The van der Waals surface area contributed by atoms with Crippen molar-refractivity contribution in [3.05, 3.63) is 0 Å². The first kappa shape index (κ1) is 26.2. The maximum Gasteiger partial charge on any atom is 0.305 e. The molecule has 0 fully saturated rings. The van der Waals surface area contributed by atoms with Crippen LogP contribution < -0.4 is 0 Å². The minimum Gasteiger partial charge on any atom is -0.466 e. The van der Waals surface area contributed by atoms with Crippen molar-refractivity contribution in [2.24, 2.45) is 0 Å². The molecule has 0 aromatic rings. The van der Waals surface area contributed by atoms with E-state index in [0.717, 1.165) is 12.8 Å². The molecular weight excluding hydrogens is 364 g/mol. The van der Waals surface area contributed by atoms with Gasteiger partial charge in [-0.15, -0.1) is 11.6 Å². The Kier molecular flexibility index (Phi) is 19.4. The van der Waals surface area contributed by atoms with Gasteiger partial charge in [0.15, 0.2) is 0 Å². The van der Waals surface area contributed by atoms with Gasteiger partial charge < -0.3 is 9.47 Å². The quantitative estimate of drug-likeness (QED) is 0.139. The average Bonchev–Trinajstić information content (AvgIpc) is 2.64. The number of unbranched alkanes of at least 4 members (excludes halogenated alkanes) is 11. The van der Waals surface area contributed by atoms with E-state index in [9.17, 15) is 9.59 Å². The Hall–Kier alpha value is -0.770. The molecule has 0 radical (unpaired) electrons. The maximum atomic E-state index is 11.6. The summed E-state index contributed by atoms with van der Waals surface area (Å²) in [6, 6.07) is 0. The number of halogens is 1. The van der Waals surface area contributed by atoms with Crippen LogP contribution in [0.1, 0.15) is 110 Å². The van der Waals surface area contributed by atoms with E-state index in [4.69, 9.17) is 21.1 Å². The van der Waals surface area contributed by atoms with E-state index in [1.165, 1.54) is 57.8 Å². The monoisotopic (exact) mass is 404 g/mol. The number of carbonyl (C=O) groups is 2. The number of esters is 2. The summed E-state index contributed by atoms with van der Waals surface area (Å²) < 4.78 is 10.2. The van der Waals surface area contributed by atoms with Crippen LogP contribution in [-0.2, 0) is 19.1 Å². The van der Waals surface area contributed by atoms with Gasteiger partial charge in [0.05, 0.1) is 12.0 Å². The highest BCUT2D eigenvalue weighted by molar-refractivity contribution is 6.20. The summed E-state index contributed by atoms with van der Waals surface area (Å²) in [5, 5.41) is -0.167. The lowest BCUT2D eigenvalue weighted by Crippen LogP contribution is -2.11. The van der Waals surface area contributed by atoms with Gasteiger partial charge in [0, 0.05) is 12.8 Å². The first-order valence-corrected chi connectivity index (χ1v) is 11.4. The lowest BCUT2D eigenvalue weighted by molar-refractivity contribution is -0.146. The standard InChI is InChI=1S/C22H41ClO4/c1-3-4-5-6-7-8-9-10-11-12-15-18-26-21(24)16-13-14-17-22(25)27-19-20(2)23/h20H,3-19H2,1-2H3. The van der Waals surface area contributed by atoms with Gasteiger partial charge in [-0.1, -0.05) is 71.1 Å². The first-order chi connectivity index (χ1) is 13.1. The highest BCUT2D eigenvalue weighted by Crippen LogP contribution is 2.11. The van der Waals surface area contributed by atoms with Crippen molar-refractivity contribution < 1.29 is 19.1 Å². The number of rotatable bonds is 19. The van der Waals surface area contributed by atoms with Crippen LogP contribution in [0, 0.1) is 0 Å². The van der Waals surface area contributed by atoms with Gasteiger partial charge in [0.25, 0.3) is 0 Å². The van der Waals surface area contributed by atoms with E-state index < -0.39 is 0 Å². The van der Waals surface area contributed by atoms with Crippen LogP contribution in [0.5, 0.6) is 0 Å². The second-order valence-corrected chi connectivity index (χ2v) is 8.17. The third-order valence-corrected chi connectivity index (χ3v) is 4.62. The van der Waals surface area contributed by atoms with Crippen LogP contribution in [0.4, 0.5) is 0 Å². The van der Waals surface area contributed by atoms with Crippen molar-refractivity contribution in [3.8, 4) is 0 Å². The average molecular weight is 405 g/mol. The molecule has 27 heavy (non-hydrogen) atoms. The van der Waals surface area contributed by atoms with E-state index >= 15 is 0 Å². The Bertz CT molecular complexity index is 358. The Morgan fingerprint density at radius 1 is 0.704 bits per heavy atom. The summed E-state index contributed by atoms with van der Waals surface area (Å²) in [6.07, 6.45) is 16.1. The molecule has 0 heterocycles. The van der Waals surface area contributed by atoms with Crippen LogP contribution in [0.25, 0.3) is 0 Å². The van der Waals surface area contributed by atoms with Crippen molar-refractivity contribution in [3.63, 3.8) is 0 Å². The summed E-state index contributed by atoms with van der Waals surface area (Å²) in [6.45, 7) is 4.79. The van der Waals surface area contributed by atoms with Crippen LogP contribution >= 0.6 is 11.6 Å². The molecule has 0 saturated heterocycles. The van der Waals surface area contributed by atoms with E-state index in [-0.39, 0.29) is 23.9 Å². The lowest BCUT2D eigenvalue weighted by atomic mass is 10.1. The fourth-order valence-electron chi connectivity index (χ4n) is 2.84. The van der Waals surface area contributed by atoms with Crippen LogP contribution in [0.2, 0.25) is 0 Å². The molecule has 1 unspecified atom stereocenters. The van der Waals surface area contributed by atoms with Gasteiger partial charge in [-0.2, -0.15) is 0 Å². The molecule has 0 aliphatic rings. The van der Waals surface area contributed by atoms with Gasteiger partial charge in [-0.05, 0) is 26.2 Å². The molecule has 1 atom stereocenters. The molecule has 0 aromatic heterocycles. The summed E-state index contributed by atoms with van der Waals surface area (Å²) in [5.41, 5.74) is 0. The van der Waals surface area contributed by atoms with E-state index in [2.05, 4.69) is 6.92 Å². The van der Waals surface area contributed by atoms with Gasteiger partial charge >= 0.3 is 11.9 Å². The molecule has 0 spiro atoms. The minimum atomic E-state index is -0.253. The largest absolute Gasteiger partial charge is 0.466 e. The Labute approximate surface area is 171 Å². The van der Waals surface area contributed by atoms with Crippen molar-refractivity contribution in [1.29, 1.82) is 0 Å². The molecular formula is C22H41ClO4. The minimum absolute atomic E-state index is 0.162. The van der Waals surface area contributed by atoms with E-state index in [0.29, 0.717) is 32.3 Å². The number of ether oxygens (including phenoxy) is 2. The number of carbonyl (C=O) groups excluding carboxylic acids is 2. The fraction of sp³-hybridized carbons (Fsp3) is 0.909. The third kappa shape index (κ3) is 21.4. The predicted octanol–water partition coefficient (Wildman–Crippen LogP) is 6.57. The highest BCUT2D eigenvalue weighted by atomic mass is 35.5. The summed E-state index contributed by atoms with van der Waals surface area (Å²) in [7, 11) is 0. The summed E-state index contributed by atoms with van der Waals surface area (Å²) >= 11 is 5.71. The molecule has 0 rings (SSSR count). The van der Waals surface area contributed by atoms with Crippen molar-refractivity contribution in [2.75, 3.05) is 13.2 Å². The van der Waals surface area contributed by atoms with Gasteiger partial charge in [-0.3, -0.25) is 9.59 Å². The number of hydrogen-bond acceptors (Lipinski definition) is 4. The molecule has 0 bridgehead atoms. The number of alkyl halides is 1. The normalized spacial score (nSPS) is 12.0. The van der Waals surface area contributed by atoms with E-state index in [1.807, 2.05) is 0 Å². The van der Waals surface area contributed by atoms with Crippen LogP contribution in [-0.4, -0.2) is 30.5 Å². The molecule has 4 nitrogen and oxygen atoms in total. The van der Waals surface area contributed by atoms with Gasteiger partial charge in [0.2, 0.25) is 0 Å². The third-order valence-electron chi connectivity index (χ3n) is 4.50. The smallest absolute Gasteiger partial charge is 0.305 e. The van der Waals surface area contributed by atoms with Gasteiger partial charge in [0.1, 0.15) is 6.61 Å². The molecule has 0 aliphatic carbocycles. The van der Waals surface area contributed by atoms with E-state index in [1.54, 1.807) is 6.92 Å². The second-order valence-electron chi connectivity index (χ2n) is 7.43. The first-order valence-electron chi connectivity index (χ1n) is 11.0. The van der Waals surface area contributed by atoms with Gasteiger partial charge in [-0.25, -0.2) is 0 Å². The van der Waals surface area contributed by atoms with Crippen molar-refractivity contribution in [2.45, 2.75) is 116 Å². The molecule has 5 heteroatoms. The highest BCUT2D eigenvalue weighted by Gasteiger charge is 2.07. The zero-order valence-electron chi connectivity index (χ0n) is 17.6. The summed E-state index contributed by atoms with van der Waals surface area (Å²) in [4.78, 5) is 23.0. The topological polar surface area (TPSA) is 52.6 Å². The molecule has 0 amide bonds. The Morgan fingerprint density at radius 3 is 1.63 bits per heavy atom. The maximum absolute atomic E-state index is 11.6. The molecule has 0 aliphatic heterocycles. The van der Waals surface area contributed by atoms with Crippen molar-refractivity contribution in [1.82, 2.24) is 0 Å². The summed E-state index contributed by atoms with van der Waals surface area (Å²) in [5.74, 6) is -0.415. The lowest BCUT2D eigenvalue weighted by Gasteiger charge is -2.06. The molecule has 0 saturated carbocycles. The van der Waals surface area contributed by atoms with Crippen molar-refractivity contribution >= 4 is 23.5 Å². The zero-order chi connectivity index (χ0) is 20.2. The fourth-order valence-corrected chi connectivity index (χ4v) is 2.91. The predicted molar refractivity (Wildman–Crippen MR) is 112 cm³/mol. The Morgan fingerprint density at radius 2 is 1.15 bits per heavy atom. The SMILES string of the molecule is CCCCCCCCCCCCCOC(=O)CCCCC(=O)OCC(C)Cl. The zero-order valence-corrected chi connectivity index (χ0v) is 18.4. The Balaban J connectivity index is 3.27. The van der Waals surface area contributed by atoms with Crippen LogP contribution in [0.3, 0.4) is 0 Å².